The van der Waals surface area contributed by atoms with E-state index in [2.05, 4.69) is 40.1 Å². The van der Waals surface area contributed by atoms with Gasteiger partial charge in [-0.15, -0.1) is 0 Å². The van der Waals surface area contributed by atoms with Crippen LogP contribution in [0.4, 0.5) is 0 Å². The Morgan fingerprint density at radius 2 is 2.05 bits per heavy atom. The van der Waals surface area contributed by atoms with Gasteiger partial charge in [-0.3, -0.25) is 4.98 Å². The number of ether oxygens (including phenoxy) is 1. The van der Waals surface area contributed by atoms with E-state index in [1.54, 1.807) is 18.5 Å². The molecular formula is C16H18BrClN2O. The number of benzene rings is 1. The zero-order chi connectivity index (χ0) is 15.2. The number of aromatic nitrogens is 1. The average Bonchev–Trinajstić information content (AvgIpc) is 2.41. The highest BCUT2D eigenvalue weighted by Crippen LogP contribution is 2.27. The van der Waals surface area contributed by atoms with Crippen molar-refractivity contribution in [3.63, 3.8) is 0 Å². The largest absolute Gasteiger partial charge is 0.456 e. The van der Waals surface area contributed by atoms with Gasteiger partial charge >= 0.3 is 0 Å². The van der Waals surface area contributed by atoms with E-state index < -0.39 is 0 Å². The van der Waals surface area contributed by atoms with Gasteiger partial charge in [0, 0.05) is 23.3 Å². The average molecular weight is 370 g/mol. The first-order valence-electron chi connectivity index (χ1n) is 6.82. The molecule has 3 nitrogen and oxygen atoms in total. The Kier molecular flexibility index (Phi) is 6.03. The minimum atomic E-state index is 0.557. The third-order valence-electron chi connectivity index (χ3n) is 2.81. The summed E-state index contributed by atoms with van der Waals surface area (Å²) < 4.78 is 6.76. The summed E-state index contributed by atoms with van der Waals surface area (Å²) >= 11 is 9.47. The maximum absolute atomic E-state index is 5.89. The molecule has 1 aromatic heterocycles. The van der Waals surface area contributed by atoms with Crippen LogP contribution in [-0.2, 0) is 6.54 Å². The highest BCUT2D eigenvalue weighted by molar-refractivity contribution is 9.10. The zero-order valence-corrected chi connectivity index (χ0v) is 14.4. The summed E-state index contributed by atoms with van der Waals surface area (Å²) in [6.07, 6.45) is 3.21. The summed E-state index contributed by atoms with van der Waals surface area (Å²) in [5, 5.41) is 3.98. The second-order valence-corrected chi connectivity index (χ2v) is 6.51. The van der Waals surface area contributed by atoms with Gasteiger partial charge in [-0.25, -0.2) is 0 Å². The van der Waals surface area contributed by atoms with Gasteiger partial charge in [0.05, 0.1) is 11.2 Å². The van der Waals surface area contributed by atoms with E-state index in [4.69, 9.17) is 16.3 Å². The smallest absolute Gasteiger partial charge is 0.147 e. The standard InChI is InChI=1S/C16H18BrClN2O/c1-11(2)7-19-8-12-3-4-14(6-16(12)17)21-15-5-13(18)9-20-10-15/h3-6,9-11,19H,7-8H2,1-2H3. The van der Waals surface area contributed by atoms with Gasteiger partial charge in [-0.1, -0.05) is 47.4 Å². The van der Waals surface area contributed by atoms with Crippen molar-refractivity contribution in [3.05, 3.63) is 51.7 Å². The van der Waals surface area contributed by atoms with Gasteiger partial charge < -0.3 is 10.1 Å². The summed E-state index contributed by atoms with van der Waals surface area (Å²) in [4.78, 5) is 4.00. The fraction of sp³-hybridized carbons (Fsp3) is 0.312. The van der Waals surface area contributed by atoms with E-state index >= 15 is 0 Å². The number of rotatable bonds is 6. The summed E-state index contributed by atoms with van der Waals surface area (Å²) in [5.41, 5.74) is 1.20. The molecule has 21 heavy (non-hydrogen) atoms. The highest BCUT2D eigenvalue weighted by Gasteiger charge is 2.04. The molecule has 1 aromatic carbocycles. The lowest BCUT2D eigenvalue weighted by Gasteiger charge is -2.11. The summed E-state index contributed by atoms with van der Waals surface area (Å²) in [6.45, 7) is 6.21. The topological polar surface area (TPSA) is 34.1 Å². The highest BCUT2D eigenvalue weighted by atomic mass is 79.9. The summed E-state index contributed by atoms with van der Waals surface area (Å²) in [5.74, 6) is 2.01. The van der Waals surface area contributed by atoms with Crippen LogP contribution >= 0.6 is 27.5 Å². The number of nitrogens with zero attached hydrogens (tertiary/aromatic N) is 1. The molecule has 0 fully saturated rings. The van der Waals surface area contributed by atoms with Crippen molar-refractivity contribution in [2.45, 2.75) is 20.4 Å². The first-order chi connectivity index (χ1) is 10.0. The summed E-state index contributed by atoms with van der Waals surface area (Å²) in [6, 6.07) is 7.68. The maximum Gasteiger partial charge on any atom is 0.147 e. The summed E-state index contributed by atoms with van der Waals surface area (Å²) in [7, 11) is 0. The second-order valence-electron chi connectivity index (χ2n) is 5.22. The van der Waals surface area contributed by atoms with Crippen LogP contribution in [0.3, 0.4) is 0 Å². The van der Waals surface area contributed by atoms with Crippen LogP contribution in [0.15, 0.2) is 41.1 Å². The monoisotopic (exact) mass is 368 g/mol. The van der Waals surface area contributed by atoms with Crippen molar-refractivity contribution >= 4 is 27.5 Å². The van der Waals surface area contributed by atoms with Crippen LogP contribution in [0.1, 0.15) is 19.4 Å². The Balaban J connectivity index is 2.01. The van der Waals surface area contributed by atoms with E-state index in [9.17, 15) is 0 Å². The van der Waals surface area contributed by atoms with Crippen LogP contribution in [0, 0.1) is 5.92 Å². The molecule has 0 aliphatic carbocycles. The maximum atomic E-state index is 5.89. The van der Waals surface area contributed by atoms with Gasteiger partial charge in [0.2, 0.25) is 0 Å². The number of hydrogen-bond acceptors (Lipinski definition) is 3. The molecule has 0 atom stereocenters. The molecule has 1 N–H and O–H groups in total. The van der Waals surface area contributed by atoms with Gasteiger partial charge in [-0.05, 0) is 30.2 Å². The lowest BCUT2D eigenvalue weighted by Crippen LogP contribution is -2.19. The Morgan fingerprint density at radius 1 is 1.24 bits per heavy atom. The molecule has 112 valence electrons. The quantitative estimate of drug-likeness (QED) is 0.775. The lowest BCUT2D eigenvalue weighted by atomic mass is 10.2. The first-order valence-corrected chi connectivity index (χ1v) is 7.99. The van der Waals surface area contributed by atoms with Crippen LogP contribution in [0.5, 0.6) is 11.5 Å². The van der Waals surface area contributed by atoms with Crippen LogP contribution in [-0.4, -0.2) is 11.5 Å². The van der Waals surface area contributed by atoms with Crippen molar-refractivity contribution in [1.82, 2.24) is 10.3 Å². The zero-order valence-electron chi connectivity index (χ0n) is 12.1. The molecule has 5 heteroatoms. The Hall–Kier alpha value is -1.10. The van der Waals surface area contributed by atoms with Crippen LogP contribution < -0.4 is 10.1 Å². The predicted molar refractivity (Wildman–Crippen MR) is 90.0 cm³/mol. The van der Waals surface area contributed by atoms with Gasteiger partial charge in [0.15, 0.2) is 0 Å². The molecule has 0 radical (unpaired) electrons. The van der Waals surface area contributed by atoms with Gasteiger partial charge in [-0.2, -0.15) is 0 Å². The molecule has 0 aliphatic heterocycles. The predicted octanol–water partition coefficient (Wildman–Crippen LogP) is 5.04. The van der Waals surface area contributed by atoms with E-state index in [-0.39, 0.29) is 0 Å². The first kappa shape index (κ1) is 16.3. The number of hydrogen-bond donors (Lipinski definition) is 1. The van der Waals surface area contributed by atoms with Gasteiger partial charge in [0.25, 0.3) is 0 Å². The van der Waals surface area contributed by atoms with E-state index in [0.717, 1.165) is 23.3 Å². The number of halogens is 2. The minimum absolute atomic E-state index is 0.557. The lowest BCUT2D eigenvalue weighted by molar-refractivity contribution is 0.479. The SMILES string of the molecule is CC(C)CNCc1ccc(Oc2cncc(Cl)c2)cc1Br. The molecule has 0 unspecified atom stereocenters. The van der Waals surface area contributed by atoms with Crippen LogP contribution in [0.25, 0.3) is 0 Å². The second kappa shape index (κ2) is 7.78. The molecule has 0 amide bonds. The van der Waals surface area contributed by atoms with Crippen molar-refractivity contribution in [3.8, 4) is 11.5 Å². The Morgan fingerprint density at radius 3 is 2.71 bits per heavy atom. The molecule has 0 saturated heterocycles. The molecule has 0 saturated carbocycles. The third kappa shape index (κ3) is 5.30. The van der Waals surface area contributed by atoms with Crippen LogP contribution in [0.2, 0.25) is 5.02 Å². The fourth-order valence-electron chi connectivity index (χ4n) is 1.81. The number of nitrogens with one attached hydrogen (secondary N) is 1. The molecule has 0 bridgehead atoms. The van der Waals surface area contributed by atoms with Crippen molar-refractivity contribution in [2.24, 2.45) is 5.92 Å². The van der Waals surface area contributed by atoms with Crippen molar-refractivity contribution in [1.29, 1.82) is 0 Å². The third-order valence-corrected chi connectivity index (χ3v) is 3.75. The van der Waals surface area contributed by atoms with Gasteiger partial charge in [0.1, 0.15) is 11.5 Å². The van der Waals surface area contributed by atoms with E-state index in [1.807, 2.05) is 18.2 Å². The molecule has 2 rings (SSSR count). The molecule has 0 aliphatic rings. The molecule has 2 aromatic rings. The Labute approximate surface area is 138 Å². The van der Waals surface area contributed by atoms with Crippen molar-refractivity contribution < 1.29 is 4.74 Å². The minimum Gasteiger partial charge on any atom is -0.456 e. The van der Waals surface area contributed by atoms with E-state index in [0.29, 0.717) is 16.7 Å². The Bertz CT molecular complexity index is 605. The van der Waals surface area contributed by atoms with E-state index in [1.165, 1.54) is 5.56 Å². The molecular weight excluding hydrogens is 352 g/mol. The molecule has 1 heterocycles. The number of pyridine rings is 1. The fourth-order valence-corrected chi connectivity index (χ4v) is 2.48. The normalized spacial score (nSPS) is 10.9. The molecule has 0 spiro atoms. The van der Waals surface area contributed by atoms with Crippen molar-refractivity contribution in [2.75, 3.05) is 6.54 Å².